The van der Waals surface area contributed by atoms with E-state index >= 15 is 0 Å². The van der Waals surface area contributed by atoms with Crippen LogP contribution in [0.4, 0.5) is 5.69 Å². The van der Waals surface area contributed by atoms with Gasteiger partial charge < -0.3 is 5.32 Å². The molecule has 2 aromatic carbocycles. The summed E-state index contributed by atoms with van der Waals surface area (Å²) in [6.45, 7) is 1.56. The standard InChI is InChI=1S/C18H20Cl2N2O3S/c1-3-15(13-8-5-4-6-9-13)21-17(23)12-22(26(2,24)25)16-11-7-10-14(19)18(16)20/h4-11,15H,3,12H2,1-2H3,(H,21,23). The molecule has 140 valence electrons. The molecular weight excluding hydrogens is 395 g/mol. The maximum atomic E-state index is 12.5. The SMILES string of the molecule is CCC(NC(=O)CN(c1cccc(Cl)c1Cl)S(C)(=O)=O)c1ccccc1. The fraction of sp³-hybridized carbons (Fsp3) is 0.278. The van der Waals surface area contributed by atoms with E-state index in [1.54, 1.807) is 12.1 Å². The number of amides is 1. The van der Waals surface area contributed by atoms with E-state index in [1.165, 1.54) is 6.07 Å². The van der Waals surface area contributed by atoms with Crippen LogP contribution in [0.25, 0.3) is 0 Å². The lowest BCUT2D eigenvalue weighted by Crippen LogP contribution is -2.41. The van der Waals surface area contributed by atoms with Gasteiger partial charge in [-0.3, -0.25) is 9.10 Å². The number of rotatable bonds is 7. The zero-order chi connectivity index (χ0) is 19.3. The molecule has 0 spiro atoms. The van der Waals surface area contributed by atoms with E-state index in [0.717, 1.165) is 16.1 Å². The monoisotopic (exact) mass is 414 g/mol. The minimum Gasteiger partial charge on any atom is -0.348 e. The van der Waals surface area contributed by atoms with Gasteiger partial charge in [0.05, 0.1) is 28.0 Å². The van der Waals surface area contributed by atoms with Gasteiger partial charge in [0.15, 0.2) is 0 Å². The van der Waals surface area contributed by atoms with E-state index in [4.69, 9.17) is 23.2 Å². The highest BCUT2D eigenvalue weighted by molar-refractivity contribution is 7.92. The first-order chi connectivity index (χ1) is 12.2. The van der Waals surface area contributed by atoms with Crippen LogP contribution in [0.2, 0.25) is 10.0 Å². The molecule has 2 rings (SSSR count). The topological polar surface area (TPSA) is 66.5 Å². The van der Waals surface area contributed by atoms with Crippen molar-refractivity contribution >= 4 is 44.8 Å². The molecule has 1 amide bonds. The summed E-state index contributed by atoms with van der Waals surface area (Å²) in [6.07, 6.45) is 1.69. The van der Waals surface area contributed by atoms with Crippen LogP contribution in [0.3, 0.4) is 0 Å². The van der Waals surface area contributed by atoms with E-state index in [9.17, 15) is 13.2 Å². The van der Waals surface area contributed by atoms with Crippen molar-refractivity contribution in [1.29, 1.82) is 0 Å². The van der Waals surface area contributed by atoms with Crippen LogP contribution < -0.4 is 9.62 Å². The number of benzene rings is 2. The Morgan fingerprint density at radius 2 is 1.77 bits per heavy atom. The van der Waals surface area contributed by atoms with E-state index in [-0.39, 0.29) is 28.3 Å². The van der Waals surface area contributed by atoms with Crippen LogP contribution in [0.1, 0.15) is 24.9 Å². The molecular formula is C18H20Cl2N2O3S. The van der Waals surface area contributed by atoms with Crippen molar-refractivity contribution in [3.8, 4) is 0 Å². The Morgan fingerprint density at radius 1 is 1.12 bits per heavy atom. The number of halogens is 2. The van der Waals surface area contributed by atoms with E-state index in [0.29, 0.717) is 6.42 Å². The first-order valence-corrected chi connectivity index (χ1v) is 10.6. The Bertz CT molecular complexity index is 873. The molecule has 5 nitrogen and oxygen atoms in total. The van der Waals surface area contributed by atoms with Gasteiger partial charge in [-0.25, -0.2) is 8.42 Å². The summed E-state index contributed by atoms with van der Waals surface area (Å²) < 4.78 is 25.4. The van der Waals surface area contributed by atoms with Crippen molar-refractivity contribution in [2.45, 2.75) is 19.4 Å². The van der Waals surface area contributed by atoms with Gasteiger partial charge in [0.2, 0.25) is 15.9 Å². The average molecular weight is 415 g/mol. The molecule has 0 saturated heterocycles. The van der Waals surface area contributed by atoms with Crippen molar-refractivity contribution in [2.24, 2.45) is 0 Å². The summed E-state index contributed by atoms with van der Waals surface area (Å²) in [7, 11) is -3.73. The summed E-state index contributed by atoms with van der Waals surface area (Å²) in [5, 5.41) is 3.17. The maximum absolute atomic E-state index is 12.5. The Balaban J connectivity index is 2.24. The fourth-order valence-corrected chi connectivity index (χ4v) is 3.85. The number of carbonyl (C=O) groups excluding carboxylic acids is 1. The third-order valence-corrected chi connectivity index (χ3v) is 5.77. The van der Waals surface area contributed by atoms with Crippen molar-refractivity contribution in [1.82, 2.24) is 5.32 Å². The number of carbonyl (C=O) groups is 1. The largest absolute Gasteiger partial charge is 0.348 e. The molecule has 2 aromatic rings. The first-order valence-electron chi connectivity index (χ1n) is 8.00. The number of nitrogens with one attached hydrogen (secondary N) is 1. The van der Waals surface area contributed by atoms with Crippen molar-refractivity contribution in [3.63, 3.8) is 0 Å². The molecule has 0 bridgehead atoms. The molecule has 0 aliphatic rings. The predicted molar refractivity (Wildman–Crippen MR) is 106 cm³/mol. The van der Waals surface area contributed by atoms with E-state index in [1.807, 2.05) is 37.3 Å². The Labute approximate surface area is 164 Å². The first kappa shape index (κ1) is 20.6. The smallest absolute Gasteiger partial charge is 0.241 e. The molecule has 8 heteroatoms. The van der Waals surface area contributed by atoms with E-state index < -0.39 is 15.9 Å². The molecule has 1 N–H and O–H groups in total. The highest BCUT2D eigenvalue weighted by Crippen LogP contribution is 2.33. The molecule has 0 heterocycles. The fourth-order valence-electron chi connectivity index (χ4n) is 2.54. The Hall–Kier alpha value is -1.76. The lowest BCUT2D eigenvalue weighted by molar-refractivity contribution is -0.120. The second-order valence-corrected chi connectivity index (χ2v) is 8.47. The van der Waals surface area contributed by atoms with Gasteiger partial charge in [0.1, 0.15) is 6.54 Å². The Kier molecular flexibility index (Phi) is 6.92. The summed E-state index contributed by atoms with van der Waals surface area (Å²) in [6, 6.07) is 13.9. The van der Waals surface area contributed by atoms with Crippen molar-refractivity contribution < 1.29 is 13.2 Å². The van der Waals surface area contributed by atoms with Crippen LogP contribution in [-0.2, 0) is 14.8 Å². The molecule has 0 aliphatic carbocycles. The molecule has 1 unspecified atom stereocenters. The highest BCUT2D eigenvalue weighted by Gasteiger charge is 2.25. The lowest BCUT2D eigenvalue weighted by atomic mass is 10.0. The van der Waals surface area contributed by atoms with Gasteiger partial charge in [-0.15, -0.1) is 0 Å². The molecule has 1 atom stereocenters. The van der Waals surface area contributed by atoms with Gasteiger partial charge in [0, 0.05) is 0 Å². The van der Waals surface area contributed by atoms with Gasteiger partial charge >= 0.3 is 0 Å². The molecule has 0 aromatic heterocycles. The molecule has 0 radical (unpaired) electrons. The molecule has 26 heavy (non-hydrogen) atoms. The predicted octanol–water partition coefficient (Wildman–Crippen LogP) is 4.03. The van der Waals surface area contributed by atoms with Gasteiger partial charge in [-0.1, -0.05) is 66.5 Å². The molecule has 0 aliphatic heterocycles. The quantitative estimate of drug-likeness (QED) is 0.743. The zero-order valence-corrected chi connectivity index (χ0v) is 16.8. The number of sulfonamides is 1. The summed E-state index contributed by atoms with van der Waals surface area (Å²) in [5.74, 6) is -0.429. The van der Waals surface area contributed by atoms with Gasteiger partial charge in [-0.2, -0.15) is 0 Å². The molecule has 0 saturated carbocycles. The number of anilines is 1. The van der Waals surface area contributed by atoms with Crippen LogP contribution >= 0.6 is 23.2 Å². The molecule has 0 fully saturated rings. The zero-order valence-electron chi connectivity index (χ0n) is 14.4. The number of nitrogens with zero attached hydrogens (tertiary/aromatic N) is 1. The normalized spacial score (nSPS) is 12.5. The minimum absolute atomic E-state index is 0.0856. The summed E-state index contributed by atoms with van der Waals surface area (Å²) in [5.41, 5.74) is 1.12. The highest BCUT2D eigenvalue weighted by atomic mass is 35.5. The van der Waals surface area contributed by atoms with Crippen molar-refractivity contribution in [2.75, 3.05) is 17.1 Å². The van der Waals surface area contributed by atoms with E-state index in [2.05, 4.69) is 5.32 Å². The van der Waals surface area contributed by atoms with Crippen LogP contribution in [-0.4, -0.2) is 27.1 Å². The maximum Gasteiger partial charge on any atom is 0.241 e. The summed E-state index contributed by atoms with van der Waals surface area (Å²) >= 11 is 12.1. The second kappa shape index (κ2) is 8.75. The lowest BCUT2D eigenvalue weighted by Gasteiger charge is -2.25. The third kappa shape index (κ3) is 5.13. The minimum atomic E-state index is -3.73. The van der Waals surface area contributed by atoms with Crippen molar-refractivity contribution in [3.05, 3.63) is 64.1 Å². The van der Waals surface area contributed by atoms with Crippen LogP contribution in [0, 0.1) is 0 Å². The van der Waals surface area contributed by atoms with Gasteiger partial charge in [-0.05, 0) is 24.1 Å². The van der Waals surface area contributed by atoms with Crippen LogP contribution in [0.5, 0.6) is 0 Å². The van der Waals surface area contributed by atoms with Gasteiger partial charge in [0.25, 0.3) is 0 Å². The Morgan fingerprint density at radius 3 is 2.35 bits per heavy atom. The van der Waals surface area contributed by atoms with Crippen LogP contribution in [0.15, 0.2) is 48.5 Å². The second-order valence-electron chi connectivity index (χ2n) is 5.78. The summed E-state index contributed by atoms with van der Waals surface area (Å²) in [4.78, 5) is 12.5. The average Bonchev–Trinajstić information content (AvgIpc) is 2.60. The number of hydrogen-bond donors (Lipinski definition) is 1. The number of hydrogen-bond acceptors (Lipinski definition) is 3. The third-order valence-electron chi connectivity index (χ3n) is 3.83.